The number of nitrogens with zero attached hydrogens (tertiary/aromatic N) is 4. The highest BCUT2D eigenvalue weighted by molar-refractivity contribution is 6.01. The molecule has 0 aliphatic carbocycles. The maximum Gasteiger partial charge on any atom is 0.255 e. The van der Waals surface area contributed by atoms with Gasteiger partial charge in [-0.05, 0) is 17.7 Å². The lowest BCUT2D eigenvalue weighted by molar-refractivity contribution is -0.130. The second-order valence-corrected chi connectivity index (χ2v) is 8.83. The van der Waals surface area contributed by atoms with E-state index in [1.807, 2.05) is 83.8 Å². The lowest BCUT2D eigenvalue weighted by Crippen LogP contribution is -2.51. The molecule has 0 unspecified atom stereocenters. The van der Waals surface area contributed by atoms with Gasteiger partial charge in [0.1, 0.15) is 5.69 Å². The summed E-state index contributed by atoms with van der Waals surface area (Å²) in [7, 11) is 0. The molecule has 2 amide bonds. The fourth-order valence-electron chi connectivity index (χ4n) is 4.46. The molecule has 0 radical (unpaired) electrons. The maximum absolute atomic E-state index is 13.2. The summed E-state index contributed by atoms with van der Waals surface area (Å²) < 4.78 is 1.78. The van der Waals surface area contributed by atoms with E-state index in [0.717, 1.165) is 24.2 Å². The van der Waals surface area contributed by atoms with Gasteiger partial charge in [0, 0.05) is 43.6 Å². The third kappa shape index (κ3) is 5.46. The Labute approximate surface area is 211 Å². The van der Waals surface area contributed by atoms with Crippen LogP contribution >= 0.6 is 0 Å². The third-order valence-corrected chi connectivity index (χ3v) is 6.39. The van der Waals surface area contributed by atoms with Crippen molar-refractivity contribution < 1.29 is 9.59 Å². The van der Waals surface area contributed by atoms with Gasteiger partial charge in [-0.2, -0.15) is 5.10 Å². The fraction of sp³-hybridized carbons (Fsp3) is 0.207. The van der Waals surface area contributed by atoms with Gasteiger partial charge in [-0.1, -0.05) is 78.9 Å². The molecule has 1 N–H and O–H groups in total. The molecular formula is C29H29N5O2. The number of aromatic nitrogens is 2. The standard InChI is InChI=1S/C29H29N5O2/c35-27(33-18-16-32(17-19-33)25-14-8-3-9-15-25)20-30-29(36)26-22-34(21-23-10-4-1-5-11-23)31-28(26)24-12-6-2-7-13-24/h1-15,22H,16-21H2,(H,30,36). The highest BCUT2D eigenvalue weighted by Crippen LogP contribution is 2.22. The zero-order valence-electron chi connectivity index (χ0n) is 20.1. The minimum absolute atomic E-state index is 0.0394. The Morgan fingerprint density at radius 3 is 2.06 bits per heavy atom. The number of hydrogen-bond donors (Lipinski definition) is 1. The van der Waals surface area contributed by atoms with Crippen LogP contribution in [0, 0.1) is 0 Å². The van der Waals surface area contributed by atoms with E-state index in [1.165, 1.54) is 5.69 Å². The first-order valence-corrected chi connectivity index (χ1v) is 12.2. The van der Waals surface area contributed by atoms with Gasteiger partial charge in [0.25, 0.3) is 5.91 Å². The predicted molar refractivity (Wildman–Crippen MR) is 141 cm³/mol. The van der Waals surface area contributed by atoms with E-state index in [-0.39, 0.29) is 18.4 Å². The molecule has 3 aromatic carbocycles. The van der Waals surface area contributed by atoms with Gasteiger partial charge in [-0.15, -0.1) is 0 Å². The van der Waals surface area contributed by atoms with Crippen LogP contribution in [0.2, 0.25) is 0 Å². The van der Waals surface area contributed by atoms with Crippen LogP contribution in [-0.4, -0.2) is 59.2 Å². The molecule has 0 bridgehead atoms. The molecular weight excluding hydrogens is 450 g/mol. The van der Waals surface area contributed by atoms with Crippen LogP contribution in [0.3, 0.4) is 0 Å². The zero-order chi connectivity index (χ0) is 24.7. The Kier molecular flexibility index (Phi) is 7.07. The predicted octanol–water partition coefficient (Wildman–Crippen LogP) is 3.68. The van der Waals surface area contributed by atoms with Crippen LogP contribution in [0.5, 0.6) is 0 Å². The first kappa shape index (κ1) is 23.4. The van der Waals surface area contributed by atoms with Gasteiger partial charge >= 0.3 is 0 Å². The average Bonchev–Trinajstić information content (AvgIpc) is 3.37. The summed E-state index contributed by atoms with van der Waals surface area (Å²) in [5.41, 5.74) is 4.18. The molecule has 1 fully saturated rings. The molecule has 1 aliphatic rings. The fourth-order valence-corrected chi connectivity index (χ4v) is 4.46. The van der Waals surface area contributed by atoms with E-state index >= 15 is 0 Å². The molecule has 2 heterocycles. The van der Waals surface area contributed by atoms with Crippen molar-refractivity contribution in [2.24, 2.45) is 0 Å². The summed E-state index contributed by atoms with van der Waals surface area (Å²) in [5, 5.41) is 7.54. The van der Waals surface area contributed by atoms with Crippen molar-refractivity contribution in [3.63, 3.8) is 0 Å². The number of carbonyl (C=O) groups excluding carboxylic acids is 2. The second kappa shape index (κ2) is 10.9. The van der Waals surface area contributed by atoms with Crippen LogP contribution in [-0.2, 0) is 11.3 Å². The number of hydrogen-bond acceptors (Lipinski definition) is 4. The highest BCUT2D eigenvalue weighted by atomic mass is 16.2. The highest BCUT2D eigenvalue weighted by Gasteiger charge is 2.23. The van der Waals surface area contributed by atoms with Gasteiger partial charge in [0.15, 0.2) is 0 Å². The quantitative estimate of drug-likeness (QED) is 0.439. The SMILES string of the molecule is O=C(NCC(=O)N1CCN(c2ccccc2)CC1)c1cn(Cc2ccccc2)nc1-c1ccccc1. The summed E-state index contributed by atoms with van der Waals surface area (Å²) in [6, 6.07) is 29.8. The normalized spacial score (nSPS) is 13.4. The molecule has 182 valence electrons. The number of para-hydroxylation sites is 1. The van der Waals surface area contributed by atoms with Crippen molar-refractivity contribution in [1.29, 1.82) is 0 Å². The Hall–Kier alpha value is -4.39. The van der Waals surface area contributed by atoms with E-state index in [9.17, 15) is 9.59 Å². The van der Waals surface area contributed by atoms with Gasteiger partial charge in [0.2, 0.25) is 5.91 Å². The summed E-state index contributed by atoms with van der Waals surface area (Å²) in [4.78, 5) is 30.1. The van der Waals surface area contributed by atoms with Crippen LogP contribution in [0.1, 0.15) is 15.9 Å². The maximum atomic E-state index is 13.2. The monoisotopic (exact) mass is 479 g/mol. The van der Waals surface area contributed by atoms with E-state index < -0.39 is 0 Å². The number of rotatable bonds is 7. The Morgan fingerprint density at radius 2 is 1.39 bits per heavy atom. The Balaban J connectivity index is 1.24. The van der Waals surface area contributed by atoms with E-state index in [4.69, 9.17) is 5.10 Å². The van der Waals surface area contributed by atoms with Crippen molar-refractivity contribution in [2.45, 2.75) is 6.54 Å². The molecule has 7 heteroatoms. The van der Waals surface area contributed by atoms with Gasteiger partial charge in [-0.25, -0.2) is 0 Å². The molecule has 1 aliphatic heterocycles. The van der Waals surface area contributed by atoms with Crippen molar-refractivity contribution in [3.8, 4) is 11.3 Å². The summed E-state index contributed by atoms with van der Waals surface area (Å²) in [6.45, 7) is 3.32. The third-order valence-electron chi connectivity index (χ3n) is 6.39. The molecule has 0 atom stereocenters. The minimum atomic E-state index is -0.301. The molecule has 5 rings (SSSR count). The van der Waals surface area contributed by atoms with E-state index in [1.54, 1.807) is 10.9 Å². The first-order valence-electron chi connectivity index (χ1n) is 12.2. The molecule has 1 saturated heterocycles. The molecule has 0 saturated carbocycles. The number of carbonyl (C=O) groups is 2. The zero-order valence-corrected chi connectivity index (χ0v) is 20.1. The van der Waals surface area contributed by atoms with Crippen molar-refractivity contribution in [3.05, 3.63) is 108 Å². The number of amides is 2. The first-order chi connectivity index (χ1) is 17.7. The van der Waals surface area contributed by atoms with Gasteiger partial charge in [-0.3, -0.25) is 14.3 Å². The lowest BCUT2D eigenvalue weighted by atomic mass is 10.1. The average molecular weight is 480 g/mol. The molecule has 4 aromatic rings. The van der Waals surface area contributed by atoms with Crippen LogP contribution in [0.4, 0.5) is 5.69 Å². The molecule has 1 aromatic heterocycles. The Morgan fingerprint density at radius 1 is 0.778 bits per heavy atom. The van der Waals surface area contributed by atoms with Crippen LogP contribution in [0.25, 0.3) is 11.3 Å². The number of benzene rings is 3. The molecule has 0 spiro atoms. The van der Waals surface area contributed by atoms with Crippen LogP contribution < -0.4 is 10.2 Å². The molecule has 7 nitrogen and oxygen atoms in total. The lowest BCUT2D eigenvalue weighted by Gasteiger charge is -2.36. The second-order valence-electron chi connectivity index (χ2n) is 8.83. The van der Waals surface area contributed by atoms with Gasteiger partial charge in [0.05, 0.1) is 18.7 Å². The number of anilines is 1. The van der Waals surface area contributed by atoms with E-state index in [2.05, 4.69) is 22.3 Å². The van der Waals surface area contributed by atoms with Crippen LogP contribution in [0.15, 0.2) is 97.2 Å². The summed E-state index contributed by atoms with van der Waals surface area (Å²) in [6.07, 6.45) is 1.76. The largest absolute Gasteiger partial charge is 0.368 e. The summed E-state index contributed by atoms with van der Waals surface area (Å²) >= 11 is 0. The van der Waals surface area contributed by atoms with Gasteiger partial charge < -0.3 is 15.1 Å². The van der Waals surface area contributed by atoms with Crippen molar-refractivity contribution in [2.75, 3.05) is 37.6 Å². The topological polar surface area (TPSA) is 70.5 Å². The summed E-state index contributed by atoms with van der Waals surface area (Å²) in [5.74, 6) is -0.376. The Bertz CT molecular complexity index is 1300. The van der Waals surface area contributed by atoms with Crippen molar-refractivity contribution in [1.82, 2.24) is 20.0 Å². The number of nitrogens with one attached hydrogen (secondary N) is 1. The minimum Gasteiger partial charge on any atom is -0.368 e. The molecule has 36 heavy (non-hydrogen) atoms. The number of piperazine rings is 1. The van der Waals surface area contributed by atoms with E-state index in [0.29, 0.717) is 30.9 Å². The smallest absolute Gasteiger partial charge is 0.255 e. The van der Waals surface area contributed by atoms with Crippen molar-refractivity contribution >= 4 is 17.5 Å².